The Balaban J connectivity index is 1.45. The van der Waals surface area contributed by atoms with Crippen molar-refractivity contribution in [2.45, 2.75) is 51.1 Å². The average molecular weight is 373 g/mol. The van der Waals surface area contributed by atoms with Gasteiger partial charge in [-0.3, -0.25) is 4.90 Å². The normalized spacial score (nSPS) is 21.1. The lowest BCUT2D eigenvalue weighted by Gasteiger charge is -2.38. The highest BCUT2D eigenvalue weighted by Gasteiger charge is 2.31. The summed E-state index contributed by atoms with van der Waals surface area (Å²) in [5, 5.41) is 1.10. The van der Waals surface area contributed by atoms with E-state index in [9.17, 15) is 4.79 Å². The fourth-order valence-electron chi connectivity index (χ4n) is 5.38. The number of hydrogen-bond donors (Lipinski definition) is 0. The SMILES string of the molecule is O=c1oc2c3c(ccc2c2c1CCC2)OCN([C@H]1CCCc2ccccc21)C3. The molecule has 0 unspecified atom stereocenters. The average Bonchev–Trinajstić information content (AvgIpc) is 3.24. The van der Waals surface area contributed by atoms with Crippen LogP contribution in [0.1, 0.15) is 53.1 Å². The Morgan fingerprint density at radius 2 is 1.82 bits per heavy atom. The van der Waals surface area contributed by atoms with Crippen molar-refractivity contribution in [2.24, 2.45) is 0 Å². The standard InChI is InChI=1S/C24H23NO3/c26-24-19-9-4-8-17(19)18-11-12-22-20(23(18)28-24)13-25(14-27-22)21-10-3-6-15-5-1-2-7-16(15)21/h1-2,5,7,11-12,21H,3-4,6,8-10,13-14H2/t21-/m0/s1. The molecule has 28 heavy (non-hydrogen) atoms. The second kappa shape index (κ2) is 6.21. The van der Waals surface area contributed by atoms with Gasteiger partial charge in [-0.2, -0.15) is 0 Å². The monoisotopic (exact) mass is 373 g/mol. The summed E-state index contributed by atoms with van der Waals surface area (Å²) in [5.41, 5.74) is 6.54. The molecule has 0 spiro atoms. The Hall–Kier alpha value is -2.59. The summed E-state index contributed by atoms with van der Waals surface area (Å²) < 4.78 is 12.0. The number of aryl methyl sites for hydroxylation is 2. The van der Waals surface area contributed by atoms with Gasteiger partial charge in [0.1, 0.15) is 18.1 Å². The zero-order valence-corrected chi connectivity index (χ0v) is 15.9. The van der Waals surface area contributed by atoms with Gasteiger partial charge in [0, 0.05) is 23.5 Å². The quantitative estimate of drug-likeness (QED) is 0.589. The van der Waals surface area contributed by atoms with Crippen molar-refractivity contribution in [1.29, 1.82) is 0 Å². The molecule has 3 aromatic rings. The molecule has 6 rings (SSSR count). The number of rotatable bonds is 1. The third-order valence-electron chi connectivity index (χ3n) is 6.73. The highest BCUT2D eigenvalue weighted by Crippen LogP contribution is 2.40. The van der Waals surface area contributed by atoms with Gasteiger partial charge in [0.05, 0.1) is 5.56 Å². The molecule has 142 valence electrons. The van der Waals surface area contributed by atoms with Crippen molar-refractivity contribution < 1.29 is 9.15 Å². The minimum atomic E-state index is -0.159. The van der Waals surface area contributed by atoms with E-state index in [1.54, 1.807) is 0 Å². The summed E-state index contributed by atoms with van der Waals surface area (Å²) in [6.07, 6.45) is 6.34. The molecule has 4 heteroatoms. The van der Waals surface area contributed by atoms with Crippen LogP contribution in [-0.2, 0) is 25.8 Å². The number of fused-ring (bicyclic) bond motifs is 6. The Labute approximate surface area is 163 Å². The highest BCUT2D eigenvalue weighted by atomic mass is 16.5. The van der Waals surface area contributed by atoms with Gasteiger partial charge in [-0.1, -0.05) is 24.3 Å². The first-order chi connectivity index (χ1) is 13.8. The first-order valence-corrected chi connectivity index (χ1v) is 10.3. The number of hydrogen-bond acceptors (Lipinski definition) is 4. The largest absolute Gasteiger partial charge is 0.478 e. The van der Waals surface area contributed by atoms with Gasteiger partial charge in [-0.05, 0) is 67.3 Å². The predicted molar refractivity (Wildman–Crippen MR) is 108 cm³/mol. The summed E-state index contributed by atoms with van der Waals surface area (Å²) in [7, 11) is 0. The summed E-state index contributed by atoms with van der Waals surface area (Å²) in [5.74, 6) is 0.856. The number of ether oxygens (including phenoxy) is 1. The fraction of sp³-hybridized carbons (Fsp3) is 0.375. The summed E-state index contributed by atoms with van der Waals surface area (Å²) >= 11 is 0. The zero-order valence-electron chi connectivity index (χ0n) is 15.9. The van der Waals surface area contributed by atoms with E-state index in [0.29, 0.717) is 12.8 Å². The van der Waals surface area contributed by atoms with Crippen molar-refractivity contribution in [1.82, 2.24) is 4.90 Å². The van der Waals surface area contributed by atoms with Crippen LogP contribution in [-0.4, -0.2) is 11.6 Å². The maximum absolute atomic E-state index is 12.5. The van der Waals surface area contributed by atoms with E-state index in [1.165, 1.54) is 23.1 Å². The van der Waals surface area contributed by atoms with Gasteiger partial charge in [0.25, 0.3) is 0 Å². The lowest BCUT2D eigenvalue weighted by Crippen LogP contribution is -2.37. The van der Waals surface area contributed by atoms with Crippen molar-refractivity contribution >= 4 is 11.0 Å². The summed E-state index contributed by atoms with van der Waals surface area (Å²) in [6, 6.07) is 13.3. The molecule has 4 nitrogen and oxygen atoms in total. The molecule has 2 heterocycles. The molecule has 1 aliphatic heterocycles. The van der Waals surface area contributed by atoms with Gasteiger partial charge in [0.15, 0.2) is 0 Å². The Kier molecular flexibility index (Phi) is 3.63. The number of benzene rings is 2. The Morgan fingerprint density at radius 1 is 0.929 bits per heavy atom. The van der Waals surface area contributed by atoms with E-state index in [0.717, 1.165) is 66.5 Å². The molecule has 0 N–H and O–H groups in total. The lowest BCUT2D eigenvalue weighted by atomic mass is 9.86. The van der Waals surface area contributed by atoms with E-state index in [2.05, 4.69) is 41.3 Å². The van der Waals surface area contributed by atoms with Crippen molar-refractivity contribution in [2.75, 3.05) is 6.73 Å². The molecule has 0 saturated carbocycles. The van der Waals surface area contributed by atoms with Crippen LogP contribution in [0.3, 0.4) is 0 Å². The smallest absolute Gasteiger partial charge is 0.339 e. The van der Waals surface area contributed by atoms with Crippen molar-refractivity contribution in [3.8, 4) is 5.75 Å². The second-order valence-corrected chi connectivity index (χ2v) is 8.25. The van der Waals surface area contributed by atoms with Crippen LogP contribution in [0.5, 0.6) is 5.75 Å². The third-order valence-corrected chi connectivity index (χ3v) is 6.73. The molecule has 3 aliphatic rings. The van der Waals surface area contributed by atoms with E-state index in [1.807, 2.05) is 0 Å². The molecule has 1 aromatic heterocycles. The van der Waals surface area contributed by atoms with Gasteiger partial charge >= 0.3 is 5.63 Å². The van der Waals surface area contributed by atoms with Crippen LogP contribution in [0.25, 0.3) is 11.0 Å². The van der Waals surface area contributed by atoms with E-state index in [-0.39, 0.29) is 5.63 Å². The molecule has 0 amide bonds. The van der Waals surface area contributed by atoms with E-state index in [4.69, 9.17) is 9.15 Å². The predicted octanol–water partition coefficient (Wildman–Crippen LogP) is 4.51. The number of nitrogens with zero attached hydrogens (tertiary/aromatic N) is 1. The van der Waals surface area contributed by atoms with Crippen LogP contribution in [0, 0.1) is 0 Å². The topological polar surface area (TPSA) is 42.7 Å². The van der Waals surface area contributed by atoms with Crippen LogP contribution in [0.4, 0.5) is 0 Å². The van der Waals surface area contributed by atoms with Gasteiger partial charge in [-0.25, -0.2) is 4.79 Å². The van der Waals surface area contributed by atoms with Crippen LogP contribution in [0.15, 0.2) is 45.6 Å². The second-order valence-electron chi connectivity index (χ2n) is 8.25. The van der Waals surface area contributed by atoms with Gasteiger partial charge in [0.2, 0.25) is 0 Å². The summed E-state index contributed by atoms with van der Waals surface area (Å²) in [6.45, 7) is 1.33. The fourth-order valence-corrected chi connectivity index (χ4v) is 5.38. The van der Waals surface area contributed by atoms with Gasteiger partial charge < -0.3 is 9.15 Å². The molecule has 2 aromatic carbocycles. The molecule has 0 fully saturated rings. The first kappa shape index (κ1) is 16.4. The highest BCUT2D eigenvalue weighted by molar-refractivity contribution is 5.86. The Morgan fingerprint density at radius 3 is 2.79 bits per heavy atom. The first-order valence-electron chi connectivity index (χ1n) is 10.3. The van der Waals surface area contributed by atoms with Crippen molar-refractivity contribution in [3.63, 3.8) is 0 Å². The molecular weight excluding hydrogens is 350 g/mol. The maximum atomic E-state index is 12.5. The van der Waals surface area contributed by atoms with Crippen molar-refractivity contribution in [3.05, 3.63) is 74.6 Å². The van der Waals surface area contributed by atoms with E-state index < -0.39 is 0 Å². The van der Waals surface area contributed by atoms with E-state index >= 15 is 0 Å². The molecule has 0 radical (unpaired) electrons. The minimum absolute atomic E-state index is 0.159. The van der Waals surface area contributed by atoms with Crippen LogP contribution in [0.2, 0.25) is 0 Å². The Bertz CT molecular complexity index is 1150. The third kappa shape index (κ3) is 2.37. The maximum Gasteiger partial charge on any atom is 0.339 e. The minimum Gasteiger partial charge on any atom is -0.478 e. The molecule has 0 bridgehead atoms. The molecule has 2 aliphatic carbocycles. The summed E-state index contributed by atoms with van der Waals surface area (Å²) in [4.78, 5) is 14.9. The van der Waals surface area contributed by atoms with Crippen LogP contribution < -0.4 is 10.4 Å². The van der Waals surface area contributed by atoms with Gasteiger partial charge in [-0.15, -0.1) is 0 Å². The molecular formula is C24H23NO3. The lowest BCUT2D eigenvalue weighted by molar-refractivity contribution is 0.0482. The zero-order chi connectivity index (χ0) is 18.7. The molecule has 0 saturated heterocycles. The molecule has 1 atom stereocenters. The van der Waals surface area contributed by atoms with Crippen LogP contribution >= 0.6 is 0 Å².